The minimum atomic E-state index is 1.12. The van der Waals surface area contributed by atoms with Gasteiger partial charge in [-0.05, 0) is 25.8 Å². The average Bonchev–Trinajstić information content (AvgIpc) is 2.58. The maximum absolute atomic E-state index is 4.02. The maximum atomic E-state index is 4.02. The molecule has 0 spiro atoms. The van der Waals surface area contributed by atoms with E-state index in [2.05, 4.69) is 28.6 Å². The van der Waals surface area contributed by atoms with Crippen LogP contribution in [0.4, 0.5) is 0 Å². The molecular formula is C10H12N2. The number of hydrogen-bond donors (Lipinski definition) is 0. The minimum Gasteiger partial charge on any atom is -0.310 e. The molecule has 0 atom stereocenters. The van der Waals surface area contributed by atoms with E-state index in [-0.39, 0.29) is 0 Å². The Labute approximate surface area is 72.2 Å². The topological polar surface area (TPSA) is 17.8 Å². The van der Waals surface area contributed by atoms with Crippen LogP contribution in [0.5, 0.6) is 0 Å². The third-order valence-corrected chi connectivity index (χ3v) is 2.17. The zero-order chi connectivity index (χ0) is 8.39. The highest BCUT2D eigenvalue weighted by atomic mass is 15.0. The van der Waals surface area contributed by atoms with Crippen molar-refractivity contribution in [2.45, 2.75) is 19.8 Å². The quantitative estimate of drug-likeness (QED) is 0.617. The van der Waals surface area contributed by atoms with Gasteiger partial charge < -0.3 is 4.57 Å². The molecule has 0 fully saturated rings. The van der Waals surface area contributed by atoms with E-state index in [4.69, 9.17) is 0 Å². The van der Waals surface area contributed by atoms with Crippen LogP contribution in [0.3, 0.4) is 0 Å². The molecule has 0 aliphatic heterocycles. The lowest BCUT2D eigenvalue weighted by molar-refractivity contribution is 0.900. The summed E-state index contributed by atoms with van der Waals surface area (Å²) >= 11 is 0. The standard InChI is InChI=1S/C10H12N2/c1-9-2-4-10(5-3-9)12-7-6-11-8-12/h2,4,6-8H,3,5H2,1H3. The van der Waals surface area contributed by atoms with Crippen molar-refractivity contribution in [2.75, 3.05) is 0 Å². The average molecular weight is 160 g/mol. The highest BCUT2D eigenvalue weighted by Crippen LogP contribution is 2.20. The Morgan fingerprint density at radius 2 is 2.25 bits per heavy atom. The summed E-state index contributed by atoms with van der Waals surface area (Å²) in [5.74, 6) is 0. The molecule has 0 amide bonds. The van der Waals surface area contributed by atoms with Crippen LogP contribution in [-0.2, 0) is 0 Å². The van der Waals surface area contributed by atoms with Crippen molar-refractivity contribution >= 4 is 5.70 Å². The normalized spacial score (nSPS) is 17.1. The Hall–Kier alpha value is -1.31. The Balaban J connectivity index is 2.27. The molecule has 1 heterocycles. The predicted molar refractivity (Wildman–Crippen MR) is 49.5 cm³/mol. The zero-order valence-electron chi connectivity index (χ0n) is 7.20. The van der Waals surface area contributed by atoms with E-state index in [1.807, 2.05) is 18.7 Å². The van der Waals surface area contributed by atoms with Gasteiger partial charge in [0.1, 0.15) is 0 Å². The molecule has 2 nitrogen and oxygen atoms in total. The number of aromatic nitrogens is 2. The van der Waals surface area contributed by atoms with Gasteiger partial charge in [0, 0.05) is 18.1 Å². The summed E-state index contributed by atoms with van der Waals surface area (Å²) in [5.41, 5.74) is 2.79. The second kappa shape index (κ2) is 2.97. The lowest BCUT2D eigenvalue weighted by atomic mass is 10.0. The van der Waals surface area contributed by atoms with Gasteiger partial charge in [-0.1, -0.05) is 11.6 Å². The van der Waals surface area contributed by atoms with Crippen LogP contribution in [0.25, 0.3) is 5.70 Å². The van der Waals surface area contributed by atoms with Gasteiger partial charge in [0.25, 0.3) is 0 Å². The van der Waals surface area contributed by atoms with Gasteiger partial charge >= 0.3 is 0 Å². The summed E-state index contributed by atoms with van der Waals surface area (Å²) in [6.45, 7) is 2.17. The lowest BCUT2D eigenvalue weighted by Gasteiger charge is -2.12. The van der Waals surface area contributed by atoms with E-state index >= 15 is 0 Å². The molecule has 0 aromatic carbocycles. The SMILES string of the molecule is CC1=CC=C(n2ccnc2)CC1. The zero-order valence-corrected chi connectivity index (χ0v) is 7.20. The van der Waals surface area contributed by atoms with E-state index in [9.17, 15) is 0 Å². The molecular weight excluding hydrogens is 148 g/mol. The van der Waals surface area contributed by atoms with Gasteiger partial charge in [0.15, 0.2) is 0 Å². The third-order valence-electron chi connectivity index (χ3n) is 2.17. The number of allylic oxidation sites excluding steroid dienone is 4. The van der Waals surface area contributed by atoms with Crippen LogP contribution in [-0.4, -0.2) is 9.55 Å². The summed E-state index contributed by atoms with van der Waals surface area (Å²) < 4.78 is 2.07. The van der Waals surface area contributed by atoms with E-state index in [1.165, 1.54) is 17.7 Å². The molecule has 1 aliphatic rings. The minimum absolute atomic E-state index is 1.12. The Kier molecular flexibility index (Phi) is 1.82. The third kappa shape index (κ3) is 1.33. The smallest absolute Gasteiger partial charge is 0.0989 e. The van der Waals surface area contributed by atoms with Crippen LogP contribution in [0, 0.1) is 0 Å². The summed E-state index contributed by atoms with van der Waals surface area (Å²) in [5, 5.41) is 0. The number of rotatable bonds is 1. The summed E-state index contributed by atoms with van der Waals surface area (Å²) in [6.07, 6.45) is 12.3. The molecule has 0 unspecified atom stereocenters. The second-order valence-electron chi connectivity index (χ2n) is 3.14. The predicted octanol–water partition coefficient (Wildman–Crippen LogP) is 2.46. The number of nitrogens with zero attached hydrogens (tertiary/aromatic N) is 2. The molecule has 1 aromatic heterocycles. The monoisotopic (exact) mass is 160 g/mol. The van der Waals surface area contributed by atoms with Crippen molar-refractivity contribution in [3.8, 4) is 0 Å². The molecule has 0 radical (unpaired) electrons. The van der Waals surface area contributed by atoms with Crippen LogP contribution in [0.2, 0.25) is 0 Å². The molecule has 0 saturated carbocycles. The summed E-state index contributed by atoms with van der Waals surface area (Å²) in [6, 6.07) is 0. The Bertz CT molecular complexity index is 318. The Morgan fingerprint density at radius 1 is 1.33 bits per heavy atom. The fourth-order valence-electron chi connectivity index (χ4n) is 1.37. The number of imidazole rings is 1. The van der Waals surface area contributed by atoms with Crippen molar-refractivity contribution in [2.24, 2.45) is 0 Å². The van der Waals surface area contributed by atoms with E-state index in [1.54, 1.807) is 0 Å². The summed E-state index contributed by atoms with van der Waals surface area (Å²) in [7, 11) is 0. The van der Waals surface area contributed by atoms with Crippen molar-refractivity contribution in [3.63, 3.8) is 0 Å². The van der Waals surface area contributed by atoms with Crippen molar-refractivity contribution < 1.29 is 0 Å². The fraction of sp³-hybridized carbons (Fsp3) is 0.300. The first-order valence-corrected chi connectivity index (χ1v) is 4.21. The van der Waals surface area contributed by atoms with Gasteiger partial charge in [0.2, 0.25) is 0 Å². The number of hydrogen-bond acceptors (Lipinski definition) is 1. The summed E-state index contributed by atoms with van der Waals surface area (Å²) in [4.78, 5) is 4.02. The van der Waals surface area contributed by atoms with Crippen molar-refractivity contribution in [3.05, 3.63) is 36.4 Å². The van der Waals surface area contributed by atoms with Gasteiger partial charge in [-0.2, -0.15) is 0 Å². The van der Waals surface area contributed by atoms with Crippen LogP contribution in [0.1, 0.15) is 19.8 Å². The first-order valence-electron chi connectivity index (χ1n) is 4.21. The van der Waals surface area contributed by atoms with Crippen LogP contribution in [0.15, 0.2) is 36.4 Å². The van der Waals surface area contributed by atoms with Gasteiger partial charge in [-0.25, -0.2) is 4.98 Å². The molecule has 62 valence electrons. The van der Waals surface area contributed by atoms with Gasteiger partial charge in [-0.3, -0.25) is 0 Å². The van der Waals surface area contributed by atoms with Crippen LogP contribution < -0.4 is 0 Å². The molecule has 1 aromatic rings. The highest BCUT2D eigenvalue weighted by Gasteiger charge is 2.03. The van der Waals surface area contributed by atoms with Crippen molar-refractivity contribution in [1.82, 2.24) is 9.55 Å². The molecule has 0 bridgehead atoms. The lowest BCUT2D eigenvalue weighted by Crippen LogP contribution is -1.97. The van der Waals surface area contributed by atoms with Crippen molar-refractivity contribution in [1.29, 1.82) is 0 Å². The first kappa shape index (κ1) is 7.35. The molecule has 0 N–H and O–H groups in total. The molecule has 0 saturated heterocycles. The van der Waals surface area contributed by atoms with Gasteiger partial charge in [-0.15, -0.1) is 0 Å². The Morgan fingerprint density at radius 3 is 2.83 bits per heavy atom. The largest absolute Gasteiger partial charge is 0.310 e. The first-order chi connectivity index (χ1) is 5.86. The molecule has 12 heavy (non-hydrogen) atoms. The van der Waals surface area contributed by atoms with Crippen LogP contribution >= 0.6 is 0 Å². The fourth-order valence-corrected chi connectivity index (χ4v) is 1.37. The highest BCUT2D eigenvalue weighted by molar-refractivity contribution is 5.51. The van der Waals surface area contributed by atoms with Gasteiger partial charge in [0.05, 0.1) is 6.33 Å². The van der Waals surface area contributed by atoms with E-state index in [0.717, 1.165) is 6.42 Å². The molecule has 1 aliphatic carbocycles. The van der Waals surface area contributed by atoms with E-state index < -0.39 is 0 Å². The molecule has 2 heteroatoms. The van der Waals surface area contributed by atoms with E-state index in [0.29, 0.717) is 0 Å². The maximum Gasteiger partial charge on any atom is 0.0989 e. The second-order valence-corrected chi connectivity index (χ2v) is 3.14. The molecule has 2 rings (SSSR count).